The third-order valence-electron chi connectivity index (χ3n) is 6.43. The first-order valence-corrected chi connectivity index (χ1v) is 14.3. The molecule has 0 saturated carbocycles. The average molecular weight is 644 g/mol. The van der Waals surface area contributed by atoms with E-state index in [1.807, 2.05) is 0 Å². The molecule has 0 saturated heterocycles. The summed E-state index contributed by atoms with van der Waals surface area (Å²) in [6.07, 6.45) is 2.82. The van der Waals surface area contributed by atoms with E-state index in [2.05, 4.69) is 26.6 Å². The second kappa shape index (κ2) is 18.9. The fourth-order valence-electron chi connectivity index (χ4n) is 4.22. The van der Waals surface area contributed by atoms with Gasteiger partial charge in [0, 0.05) is 37.6 Å². The Bertz CT molecular complexity index is 1330. The largest absolute Gasteiger partial charge is 0.481 e. The minimum absolute atomic E-state index is 0.0281. The van der Waals surface area contributed by atoms with Crippen molar-refractivity contribution in [2.24, 2.45) is 5.73 Å². The highest BCUT2D eigenvalue weighted by Gasteiger charge is 2.24. The smallest absolute Gasteiger partial charge is 0.305 e. The number of carbonyl (C=O) groups is 9. The first kappa shape index (κ1) is 36.6. The number of carboxylic acid groups (broad SMARTS) is 1. The molecule has 1 aliphatic rings. The lowest BCUT2D eigenvalue weighted by atomic mass is 10.1. The summed E-state index contributed by atoms with van der Waals surface area (Å²) >= 11 is 0. The molecule has 1 heterocycles. The number of primary amides is 1. The molecule has 8 N–H and O–H groups in total. The maximum Gasteiger partial charge on any atom is 0.305 e. The zero-order valence-corrected chi connectivity index (χ0v) is 24.9. The minimum atomic E-state index is -1.26. The number of aliphatic carboxylic acids is 1. The molecule has 1 aromatic rings. The average Bonchev–Trinajstić information content (AvgIpc) is 3.32. The van der Waals surface area contributed by atoms with Crippen LogP contribution < -0.4 is 32.3 Å². The van der Waals surface area contributed by atoms with Crippen LogP contribution in [0, 0.1) is 0 Å². The minimum Gasteiger partial charge on any atom is -0.481 e. The Kier molecular flexibility index (Phi) is 15.0. The first-order chi connectivity index (χ1) is 21.8. The zero-order chi connectivity index (χ0) is 34.1. The van der Waals surface area contributed by atoms with E-state index in [4.69, 9.17) is 5.73 Å². The van der Waals surface area contributed by atoms with Crippen molar-refractivity contribution < 1.29 is 48.3 Å². The van der Waals surface area contributed by atoms with Crippen LogP contribution in [0.25, 0.3) is 0 Å². The van der Waals surface area contributed by atoms with Crippen molar-refractivity contribution in [2.45, 2.75) is 50.6 Å². The zero-order valence-electron chi connectivity index (χ0n) is 24.9. The van der Waals surface area contributed by atoms with Crippen molar-refractivity contribution in [1.29, 1.82) is 0 Å². The lowest BCUT2D eigenvalue weighted by molar-refractivity contribution is -0.139. The van der Waals surface area contributed by atoms with Gasteiger partial charge >= 0.3 is 5.97 Å². The summed E-state index contributed by atoms with van der Waals surface area (Å²) in [5.74, 6) is -6.25. The van der Waals surface area contributed by atoms with Crippen molar-refractivity contribution in [3.05, 3.63) is 48.0 Å². The van der Waals surface area contributed by atoms with Gasteiger partial charge in [-0.05, 0) is 18.4 Å². The summed E-state index contributed by atoms with van der Waals surface area (Å²) < 4.78 is 0. The van der Waals surface area contributed by atoms with Gasteiger partial charge in [-0.2, -0.15) is 0 Å². The molecule has 0 bridgehead atoms. The van der Waals surface area contributed by atoms with E-state index >= 15 is 0 Å². The van der Waals surface area contributed by atoms with Gasteiger partial charge in [-0.25, -0.2) is 0 Å². The van der Waals surface area contributed by atoms with E-state index < -0.39 is 97.8 Å². The van der Waals surface area contributed by atoms with Gasteiger partial charge in [-0.3, -0.25) is 48.1 Å². The Morgan fingerprint density at radius 2 is 1.35 bits per heavy atom. The topological polar surface area (TPSA) is 263 Å². The monoisotopic (exact) mass is 643 g/mol. The molecule has 1 aromatic carbocycles. The first-order valence-electron chi connectivity index (χ1n) is 14.3. The highest BCUT2D eigenvalue weighted by Crippen LogP contribution is 2.13. The highest BCUT2D eigenvalue weighted by molar-refractivity contribution is 6.12. The maximum absolute atomic E-state index is 12.5. The third-order valence-corrected chi connectivity index (χ3v) is 6.43. The number of carbonyl (C=O) groups excluding carboxylic acids is 8. The van der Waals surface area contributed by atoms with Crippen LogP contribution in [0.4, 0.5) is 0 Å². The van der Waals surface area contributed by atoms with Crippen LogP contribution in [0.15, 0.2) is 42.5 Å². The van der Waals surface area contributed by atoms with Crippen LogP contribution in [0.5, 0.6) is 0 Å². The molecule has 0 spiro atoms. The van der Waals surface area contributed by atoms with Crippen LogP contribution in [0.2, 0.25) is 0 Å². The van der Waals surface area contributed by atoms with Crippen LogP contribution >= 0.6 is 0 Å². The normalized spacial score (nSPS) is 13.3. The summed E-state index contributed by atoms with van der Waals surface area (Å²) in [4.78, 5) is 108. The number of carboxylic acids is 1. The van der Waals surface area contributed by atoms with Crippen molar-refractivity contribution in [1.82, 2.24) is 31.5 Å². The Morgan fingerprint density at radius 3 is 1.98 bits per heavy atom. The fourth-order valence-corrected chi connectivity index (χ4v) is 4.22. The van der Waals surface area contributed by atoms with Crippen LogP contribution in [-0.2, 0) is 43.2 Å². The van der Waals surface area contributed by atoms with E-state index in [1.54, 1.807) is 30.3 Å². The number of benzene rings is 1. The summed E-state index contributed by atoms with van der Waals surface area (Å²) in [7, 11) is 0. The lowest BCUT2D eigenvalue weighted by Crippen LogP contribution is -2.47. The van der Waals surface area contributed by atoms with Gasteiger partial charge in [0.05, 0.1) is 26.1 Å². The van der Waals surface area contributed by atoms with E-state index in [-0.39, 0.29) is 13.0 Å². The molecule has 0 unspecified atom stereocenters. The summed E-state index contributed by atoms with van der Waals surface area (Å²) in [6.45, 7) is -1.34. The Labute approximate surface area is 263 Å². The number of nitrogens with one attached hydrogen (secondary N) is 5. The van der Waals surface area contributed by atoms with Crippen LogP contribution in [0.1, 0.15) is 50.1 Å². The van der Waals surface area contributed by atoms with Gasteiger partial charge in [0.25, 0.3) is 11.8 Å². The number of unbranched alkanes of at least 4 members (excludes halogenated alkanes) is 2. The maximum atomic E-state index is 12.5. The molecule has 1 aliphatic heterocycles. The van der Waals surface area contributed by atoms with Crippen molar-refractivity contribution in [3.63, 3.8) is 0 Å². The van der Waals surface area contributed by atoms with Gasteiger partial charge in [-0.1, -0.05) is 36.8 Å². The summed E-state index contributed by atoms with van der Waals surface area (Å²) in [5.41, 5.74) is 5.46. The van der Waals surface area contributed by atoms with Gasteiger partial charge in [0.15, 0.2) is 0 Å². The quantitative estimate of drug-likeness (QED) is 0.0581. The van der Waals surface area contributed by atoms with E-state index in [1.165, 1.54) is 12.2 Å². The van der Waals surface area contributed by atoms with Gasteiger partial charge in [-0.15, -0.1) is 0 Å². The van der Waals surface area contributed by atoms with E-state index in [9.17, 15) is 48.3 Å². The van der Waals surface area contributed by atoms with Crippen LogP contribution in [0.3, 0.4) is 0 Å². The SMILES string of the molecule is NC(=O)CNC(=O)[C@@H](NC(=O)CNC(=O)CNC(=O)C[C@@H](CC(=O)O)NC(=O)CCCCCN1C(=O)C=CC1=O)c1ccccc1. The fraction of sp³-hybridized carbons (Fsp3) is 0.414. The van der Waals surface area contributed by atoms with Gasteiger partial charge < -0.3 is 37.4 Å². The van der Waals surface area contributed by atoms with Gasteiger partial charge in [0.2, 0.25) is 35.4 Å². The van der Waals surface area contributed by atoms with E-state index in [0.29, 0.717) is 24.8 Å². The predicted molar refractivity (Wildman–Crippen MR) is 159 cm³/mol. The molecule has 2 atom stereocenters. The molecule has 0 radical (unpaired) electrons. The van der Waals surface area contributed by atoms with E-state index in [0.717, 1.165) is 4.90 Å². The molecular formula is C29H37N7O10. The number of rotatable bonds is 20. The number of hydrogen-bond donors (Lipinski definition) is 7. The number of nitrogens with zero attached hydrogens (tertiary/aromatic N) is 1. The van der Waals surface area contributed by atoms with Crippen LogP contribution in [-0.4, -0.2) is 95.5 Å². The molecular weight excluding hydrogens is 606 g/mol. The summed E-state index contributed by atoms with van der Waals surface area (Å²) in [5, 5.41) is 21.0. The Hall–Kier alpha value is -5.61. The number of hydrogen-bond acceptors (Lipinski definition) is 9. The Morgan fingerprint density at radius 1 is 0.717 bits per heavy atom. The molecule has 46 heavy (non-hydrogen) atoms. The second-order valence-electron chi connectivity index (χ2n) is 10.2. The molecule has 17 nitrogen and oxygen atoms in total. The Balaban J connectivity index is 1.74. The van der Waals surface area contributed by atoms with Gasteiger partial charge in [0.1, 0.15) is 6.04 Å². The predicted octanol–water partition coefficient (Wildman–Crippen LogP) is -2.49. The highest BCUT2D eigenvalue weighted by atomic mass is 16.4. The van der Waals surface area contributed by atoms with Crippen molar-refractivity contribution in [2.75, 3.05) is 26.2 Å². The lowest BCUT2D eigenvalue weighted by Gasteiger charge is -2.19. The third kappa shape index (κ3) is 13.8. The molecule has 8 amide bonds. The number of amides is 8. The summed E-state index contributed by atoms with van der Waals surface area (Å²) in [6, 6.07) is 5.88. The molecule has 248 valence electrons. The van der Waals surface area contributed by atoms with Crippen molar-refractivity contribution in [3.8, 4) is 0 Å². The molecule has 2 rings (SSSR count). The standard InChI is InChI=1S/C29H37N7O10/c30-20(37)15-33-29(46)28(18-7-3-1-4-8-18)35-24(41)17-32-23(40)16-31-22(39)13-19(14-27(44)45)34-21(38)9-5-2-6-12-36-25(42)10-11-26(36)43/h1,3-4,7-8,10-11,19,28H,2,5-6,9,12-17H2,(H2,30,37)(H,31,39)(H,32,40)(H,33,46)(H,34,38)(H,35,41)(H,44,45)/t19-,28-/m0/s1. The molecule has 0 aromatic heterocycles. The molecule has 0 aliphatic carbocycles. The number of nitrogens with two attached hydrogens (primary N) is 1. The molecule has 0 fully saturated rings. The van der Waals surface area contributed by atoms with Crippen molar-refractivity contribution >= 4 is 53.2 Å². The number of imide groups is 1. The molecule has 17 heteroatoms. The second-order valence-corrected chi connectivity index (χ2v) is 10.2.